The summed E-state index contributed by atoms with van der Waals surface area (Å²) in [6.07, 6.45) is 5.38. The van der Waals surface area contributed by atoms with Crippen LogP contribution in [0.1, 0.15) is 38.5 Å². The zero-order valence-electron chi connectivity index (χ0n) is 10.9. The van der Waals surface area contributed by atoms with Crippen LogP contribution in [0.5, 0.6) is 0 Å². The average Bonchev–Trinajstić information content (AvgIpc) is 2.80. The van der Waals surface area contributed by atoms with Crippen LogP contribution in [-0.2, 0) is 9.59 Å². The molecule has 0 heterocycles. The third-order valence-corrected chi connectivity index (χ3v) is 3.32. The van der Waals surface area contributed by atoms with E-state index in [-0.39, 0.29) is 0 Å². The van der Waals surface area contributed by atoms with E-state index >= 15 is 0 Å². The number of aliphatic carboxylic acids is 1. The molecule has 0 aliphatic heterocycles. The summed E-state index contributed by atoms with van der Waals surface area (Å²) >= 11 is 0. The minimum atomic E-state index is -1.27. The average molecular weight is 271 g/mol. The van der Waals surface area contributed by atoms with Crippen LogP contribution in [0, 0.1) is 5.92 Å². The molecule has 0 saturated heterocycles. The van der Waals surface area contributed by atoms with E-state index in [1.807, 2.05) is 0 Å². The Kier molecular flexibility index (Phi) is 6.11. The quantitative estimate of drug-likeness (QED) is 0.528. The maximum Gasteiger partial charge on any atom is 0.326 e. The molecule has 1 aliphatic carbocycles. The van der Waals surface area contributed by atoms with Gasteiger partial charge in [-0.25, -0.2) is 9.59 Å². The number of hydrogen-bond acceptors (Lipinski definition) is 3. The maximum absolute atomic E-state index is 11.5. The standard InChI is InChI=1S/C12H21N3O4/c13-10(16)7-9(11(17)18)15-12(19)14-6-5-8-3-1-2-4-8/h8-9H,1-7H2,(H2,13,16)(H,17,18)(H2,14,15,19)/t9-/m0/s1. The summed E-state index contributed by atoms with van der Waals surface area (Å²) in [5, 5.41) is 13.6. The van der Waals surface area contributed by atoms with Gasteiger partial charge in [0.05, 0.1) is 6.42 Å². The Morgan fingerprint density at radius 2 is 1.89 bits per heavy atom. The maximum atomic E-state index is 11.5. The van der Waals surface area contributed by atoms with E-state index in [2.05, 4.69) is 10.6 Å². The van der Waals surface area contributed by atoms with E-state index in [9.17, 15) is 14.4 Å². The third-order valence-electron chi connectivity index (χ3n) is 3.32. The highest BCUT2D eigenvalue weighted by atomic mass is 16.4. The van der Waals surface area contributed by atoms with Gasteiger partial charge < -0.3 is 21.5 Å². The molecule has 1 fully saturated rings. The van der Waals surface area contributed by atoms with Crippen molar-refractivity contribution in [1.29, 1.82) is 0 Å². The van der Waals surface area contributed by atoms with Crippen molar-refractivity contribution in [1.82, 2.24) is 10.6 Å². The fourth-order valence-electron chi connectivity index (χ4n) is 2.30. The van der Waals surface area contributed by atoms with Crippen molar-refractivity contribution < 1.29 is 19.5 Å². The lowest BCUT2D eigenvalue weighted by atomic mass is 10.0. The Balaban J connectivity index is 2.23. The number of hydrogen-bond donors (Lipinski definition) is 4. The number of carbonyl (C=O) groups excluding carboxylic acids is 2. The summed E-state index contributed by atoms with van der Waals surface area (Å²) in [5.74, 6) is -1.38. The molecule has 1 rings (SSSR count). The summed E-state index contributed by atoms with van der Waals surface area (Å²) in [7, 11) is 0. The summed E-state index contributed by atoms with van der Waals surface area (Å²) in [6.45, 7) is 0.513. The topological polar surface area (TPSA) is 122 Å². The second kappa shape index (κ2) is 7.60. The van der Waals surface area contributed by atoms with Gasteiger partial charge in [-0.2, -0.15) is 0 Å². The molecule has 1 aliphatic rings. The first-order valence-electron chi connectivity index (χ1n) is 6.54. The molecule has 0 aromatic heterocycles. The van der Waals surface area contributed by atoms with Gasteiger partial charge in [0.25, 0.3) is 0 Å². The largest absolute Gasteiger partial charge is 0.480 e. The highest BCUT2D eigenvalue weighted by Gasteiger charge is 2.22. The zero-order valence-corrected chi connectivity index (χ0v) is 10.9. The molecule has 7 heteroatoms. The Morgan fingerprint density at radius 1 is 1.26 bits per heavy atom. The first kappa shape index (κ1) is 15.3. The van der Waals surface area contributed by atoms with Gasteiger partial charge in [-0.05, 0) is 12.3 Å². The third kappa shape index (κ3) is 6.08. The molecule has 1 atom stereocenters. The molecule has 5 N–H and O–H groups in total. The second-order valence-electron chi connectivity index (χ2n) is 4.90. The fourth-order valence-corrected chi connectivity index (χ4v) is 2.30. The van der Waals surface area contributed by atoms with Crippen LogP contribution in [0.15, 0.2) is 0 Å². The summed E-state index contributed by atoms with van der Waals surface area (Å²) in [6, 6.07) is -1.85. The molecule has 0 aromatic carbocycles. The molecule has 0 spiro atoms. The van der Waals surface area contributed by atoms with Gasteiger partial charge in [0.1, 0.15) is 6.04 Å². The molecule has 19 heavy (non-hydrogen) atoms. The lowest BCUT2D eigenvalue weighted by Gasteiger charge is -2.14. The minimum absolute atomic E-state index is 0.411. The van der Waals surface area contributed by atoms with E-state index in [0.29, 0.717) is 12.5 Å². The number of urea groups is 1. The first-order valence-corrected chi connectivity index (χ1v) is 6.54. The number of carbonyl (C=O) groups is 3. The van der Waals surface area contributed by atoms with Gasteiger partial charge in [0.2, 0.25) is 5.91 Å². The van der Waals surface area contributed by atoms with Gasteiger partial charge in [-0.1, -0.05) is 25.7 Å². The number of primary amides is 1. The summed E-state index contributed by atoms with van der Waals surface area (Å²) in [4.78, 5) is 32.9. The van der Waals surface area contributed by atoms with Crippen molar-refractivity contribution in [2.75, 3.05) is 6.54 Å². The van der Waals surface area contributed by atoms with E-state index in [1.165, 1.54) is 25.7 Å². The van der Waals surface area contributed by atoms with Crippen LogP contribution >= 0.6 is 0 Å². The van der Waals surface area contributed by atoms with Crippen LogP contribution in [0.2, 0.25) is 0 Å². The number of carboxylic acids is 1. The molecule has 0 aromatic rings. The minimum Gasteiger partial charge on any atom is -0.480 e. The normalized spacial score (nSPS) is 16.8. The Labute approximate surface area is 111 Å². The van der Waals surface area contributed by atoms with Gasteiger partial charge in [0.15, 0.2) is 0 Å². The Morgan fingerprint density at radius 3 is 2.42 bits per heavy atom. The molecule has 7 nitrogen and oxygen atoms in total. The monoisotopic (exact) mass is 271 g/mol. The number of nitrogens with two attached hydrogens (primary N) is 1. The van der Waals surface area contributed by atoms with E-state index in [0.717, 1.165) is 6.42 Å². The van der Waals surface area contributed by atoms with Crippen LogP contribution in [0.4, 0.5) is 4.79 Å². The molecule has 0 radical (unpaired) electrons. The van der Waals surface area contributed by atoms with Crippen LogP contribution in [0.25, 0.3) is 0 Å². The van der Waals surface area contributed by atoms with Crippen molar-refractivity contribution >= 4 is 17.9 Å². The van der Waals surface area contributed by atoms with E-state index in [1.54, 1.807) is 0 Å². The number of amides is 3. The molecule has 3 amide bonds. The van der Waals surface area contributed by atoms with Gasteiger partial charge in [-0.15, -0.1) is 0 Å². The van der Waals surface area contributed by atoms with Gasteiger partial charge in [0, 0.05) is 6.54 Å². The molecule has 0 unspecified atom stereocenters. The molecular weight excluding hydrogens is 250 g/mol. The van der Waals surface area contributed by atoms with Crippen molar-refractivity contribution in [2.45, 2.75) is 44.6 Å². The van der Waals surface area contributed by atoms with Gasteiger partial charge in [-0.3, -0.25) is 4.79 Å². The highest BCUT2D eigenvalue weighted by Crippen LogP contribution is 2.26. The SMILES string of the molecule is NC(=O)C[C@H](NC(=O)NCCC1CCCC1)C(=O)O. The lowest BCUT2D eigenvalue weighted by Crippen LogP contribution is -2.47. The van der Waals surface area contributed by atoms with Crippen molar-refractivity contribution in [3.8, 4) is 0 Å². The molecule has 1 saturated carbocycles. The molecule has 108 valence electrons. The molecular formula is C12H21N3O4. The fraction of sp³-hybridized carbons (Fsp3) is 0.750. The lowest BCUT2D eigenvalue weighted by molar-refractivity contribution is -0.140. The number of carboxylic acid groups (broad SMARTS) is 1. The van der Waals surface area contributed by atoms with Gasteiger partial charge >= 0.3 is 12.0 Å². The summed E-state index contributed by atoms with van der Waals surface area (Å²) < 4.78 is 0. The van der Waals surface area contributed by atoms with Crippen LogP contribution in [0.3, 0.4) is 0 Å². The Hall–Kier alpha value is -1.79. The first-order chi connectivity index (χ1) is 8.99. The number of rotatable bonds is 7. The smallest absolute Gasteiger partial charge is 0.326 e. The second-order valence-corrected chi connectivity index (χ2v) is 4.90. The van der Waals surface area contributed by atoms with Crippen molar-refractivity contribution in [3.05, 3.63) is 0 Å². The van der Waals surface area contributed by atoms with Crippen molar-refractivity contribution in [3.63, 3.8) is 0 Å². The Bertz CT molecular complexity index is 340. The predicted molar refractivity (Wildman–Crippen MR) is 68.3 cm³/mol. The zero-order chi connectivity index (χ0) is 14.3. The highest BCUT2D eigenvalue weighted by molar-refractivity contribution is 5.87. The van der Waals surface area contributed by atoms with Crippen molar-refractivity contribution in [2.24, 2.45) is 11.7 Å². The van der Waals surface area contributed by atoms with E-state index < -0.39 is 30.4 Å². The predicted octanol–water partition coefficient (Wildman–Crippen LogP) is 0.194. The van der Waals surface area contributed by atoms with Crippen LogP contribution < -0.4 is 16.4 Å². The molecule has 0 bridgehead atoms. The van der Waals surface area contributed by atoms with Crippen LogP contribution in [-0.4, -0.2) is 35.6 Å². The summed E-state index contributed by atoms with van der Waals surface area (Å²) in [5.41, 5.74) is 4.92. The number of nitrogens with one attached hydrogen (secondary N) is 2. The van der Waals surface area contributed by atoms with E-state index in [4.69, 9.17) is 10.8 Å².